The van der Waals surface area contributed by atoms with Crippen LogP contribution in [-0.4, -0.2) is 0 Å². The first-order valence-corrected chi connectivity index (χ1v) is 8.32. The Labute approximate surface area is 170 Å². The Morgan fingerprint density at radius 2 is 0.417 bits per heavy atom. The monoisotopic (exact) mass is 359 g/mol. The molecule has 24 heavy (non-hydrogen) atoms. The van der Waals surface area contributed by atoms with Gasteiger partial charge in [-0.2, -0.15) is 0 Å². The van der Waals surface area contributed by atoms with Gasteiger partial charge < -0.3 is 0 Å². The molecule has 2 aliphatic rings. The zero-order valence-corrected chi connectivity index (χ0v) is 19.1. The van der Waals surface area contributed by atoms with E-state index in [1.807, 2.05) is 0 Å². The van der Waals surface area contributed by atoms with E-state index in [-0.39, 0.29) is 21.7 Å². The van der Waals surface area contributed by atoms with Gasteiger partial charge in [-0.3, -0.25) is 0 Å². The molecule has 0 heterocycles. The van der Waals surface area contributed by atoms with Crippen molar-refractivity contribution in [3.63, 3.8) is 0 Å². The first-order valence-electron chi connectivity index (χ1n) is 8.32. The van der Waals surface area contributed by atoms with Crippen molar-refractivity contribution in [1.29, 1.82) is 0 Å². The van der Waals surface area contributed by atoms with Crippen LogP contribution in [0, 0.1) is 79.4 Å². The summed E-state index contributed by atoms with van der Waals surface area (Å²) in [5.41, 5.74) is 0. The van der Waals surface area contributed by atoms with Crippen LogP contribution in [-0.2, 0) is 21.7 Å². The molecule has 0 aliphatic heterocycles. The van der Waals surface area contributed by atoms with Gasteiger partial charge in [-0.1, -0.05) is 69.2 Å². The van der Waals surface area contributed by atoms with Gasteiger partial charge in [-0.25, -0.2) is 0 Å². The van der Waals surface area contributed by atoms with Gasteiger partial charge in [0.15, 0.2) is 0 Å². The third-order valence-electron chi connectivity index (χ3n) is 5.62. The van der Waals surface area contributed by atoms with Crippen LogP contribution >= 0.6 is 0 Å². The maximum Gasteiger partial charge on any atom is 3.00 e. The average Bonchev–Trinajstić information content (AvgIpc) is 2.80. The fraction of sp³-hybridized carbons (Fsp3) is 0.435. The normalized spacial score (nSPS) is 24.5. The Kier molecular flexibility index (Phi) is 13.7. The van der Waals surface area contributed by atoms with Crippen LogP contribution in [0.5, 0.6) is 0 Å². The van der Waals surface area contributed by atoms with Crippen molar-refractivity contribution in [2.45, 2.75) is 69.2 Å². The zero-order valence-electron chi connectivity index (χ0n) is 17.5. The van der Waals surface area contributed by atoms with E-state index in [0.29, 0.717) is 0 Å². The van der Waals surface area contributed by atoms with Crippen LogP contribution in [0.1, 0.15) is 69.2 Å². The van der Waals surface area contributed by atoms with Crippen molar-refractivity contribution in [3.8, 4) is 0 Å². The van der Waals surface area contributed by atoms with Crippen molar-refractivity contribution in [3.05, 3.63) is 79.4 Å². The van der Waals surface area contributed by atoms with E-state index in [1.54, 1.807) is 0 Å². The van der Waals surface area contributed by atoms with E-state index in [0.717, 1.165) is 0 Å². The molecule has 2 saturated carbocycles. The second-order valence-corrected chi connectivity index (χ2v) is 6.54. The summed E-state index contributed by atoms with van der Waals surface area (Å²) in [5, 5.41) is 0. The summed E-state index contributed by atoms with van der Waals surface area (Å²) in [6.45, 7) is 28.5. The molecule has 0 aromatic heterocycles. The molecule has 0 atom stereocenters. The van der Waals surface area contributed by atoms with Gasteiger partial charge in [0.05, 0.1) is 0 Å². The molecule has 0 aromatic carbocycles. The molecule has 2 fully saturated rings. The third kappa shape index (κ3) is 6.46. The van der Waals surface area contributed by atoms with Gasteiger partial charge in [0, 0.05) is 0 Å². The van der Waals surface area contributed by atoms with Gasteiger partial charge in [0.2, 0.25) is 0 Å². The molecule has 0 saturated heterocycles. The van der Waals surface area contributed by atoms with Crippen molar-refractivity contribution in [2.24, 2.45) is 0 Å². The second kappa shape index (κ2) is 12.2. The molecule has 2 aliphatic carbocycles. The fourth-order valence-corrected chi connectivity index (χ4v) is 2.81. The summed E-state index contributed by atoms with van der Waals surface area (Å²) >= 11 is 0. The van der Waals surface area contributed by atoms with Crippen molar-refractivity contribution in [1.82, 2.24) is 0 Å². The molecule has 0 N–H and O–H groups in total. The molecule has 0 nitrogen and oxygen atoms in total. The van der Waals surface area contributed by atoms with E-state index in [9.17, 15) is 0 Å². The summed E-state index contributed by atoms with van der Waals surface area (Å²) < 4.78 is 0. The summed E-state index contributed by atoms with van der Waals surface area (Å²) in [5.74, 6) is 14.7. The SMILES string of the molecule is C[C]1[C](C)[C](C)[C](C)[C]1C.C[C]1[C](C)[C](C)[C](C)[C]1C.[CH2][CH][CH2].[Ti+3]. The van der Waals surface area contributed by atoms with Crippen molar-refractivity contribution in [2.75, 3.05) is 0 Å². The zero-order chi connectivity index (χ0) is 18.5. The van der Waals surface area contributed by atoms with Gasteiger partial charge >= 0.3 is 21.7 Å². The van der Waals surface area contributed by atoms with Crippen LogP contribution in [0.15, 0.2) is 0 Å². The number of hydrogen-bond acceptors (Lipinski definition) is 0. The van der Waals surface area contributed by atoms with Crippen LogP contribution in [0.2, 0.25) is 0 Å². The molecule has 128 valence electrons. The predicted octanol–water partition coefficient (Wildman–Crippen LogP) is 6.80. The first-order chi connectivity index (χ1) is 10.5. The molecule has 0 amide bonds. The maximum absolute atomic E-state index is 3.25. The third-order valence-corrected chi connectivity index (χ3v) is 5.62. The van der Waals surface area contributed by atoms with E-state index in [4.69, 9.17) is 0 Å². The largest absolute Gasteiger partial charge is 3.00 e. The van der Waals surface area contributed by atoms with Gasteiger partial charge in [-0.15, -0.1) is 0 Å². The maximum atomic E-state index is 3.25. The molecule has 0 aromatic rings. The Hall–Kier alpha value is 0.714. The molecular weight excluding hydrogens is 324 g/mol. The van der Waals surface area contributed by atoms with Crippen LogP contribution in [0.4, 0.5) is 0 Å². The molecule has 1 heteroatoms. The molecule has 2 rings (SSSR count). The minimum absolute atomic E-state index is 0. The van der Waals surface area contributed by atoms with Crippen LogP contribution in [0.3, 0.4) is 0 Å². The summed E-state index contributed by atoms with van der Waals surface area (Å²) in [6.07, 6.45) is 1.50. The molecule has 0 spiro atoms. The van der Waals surface area contributed by atoms with Gasteiger partial charge in [0.25, 0.3) is 0 Å². The summed E-state index contributed by atoms with van der Waals surface area (Å²) in [4.78, 5) is 0. The fourth-order valence-electron chi connectivity index (χ4n) is 2.81. The van der Waals surface area contributed by atoms with Crippen LogP contribution in [0.25, 0.3) is 0 Å². The Balaban J connectivity index is 0. The van der Waals surface area contributed by atoms with E-state index in [1.165, 1.54) is 65.6 Å². The topological polar surface area (TPSA) is 0 Å². The first kappa shape index (κ1) is 26.9. The minimum Gasteiger partial charge on any atom is -0.0579 e. The number of rotatable bonds is 0. The Bertz CT molecular complexity index is 193. The van der Waals surface area contributed by atoms with E-state index >= 15 is 0 Å². The minimum atomic E-state index is 0. The van der Waals surface area contributed by atoms with Gasteiger partial charge in [0.1, 0.15) is 0 Å². The molecule has 0 bridgehead atoms. The average molecular weight is 359 g/mol. The molecule has 0 unspecified atom stereocenters. The Morgan fingerprint density at radius 3 is 0.458 bits per heavy atom. The predicted molar refractivity (Wildman–Crippen MR) is 104 cm³/mol. The van der Waals surface area contributed by atoms with Crippen molar-refractivity contribution >= 4 is 0 Å². The van der Waals surface area contributed by atoms with E-state index in [2.05, 4.69) is 83.1 Å². The quantitative estimate of drug-likeness (QED) is 0.417. The number of hydrogen-bond donors (Lipinski definition) is 0. The summed E-state index contributed by atoms with van der Waals surface area (Å²) in [7, 11) is 0. The molecular formula is C23H35Ti+3. The molecule has 14 radical (unpaired) electrons. The second-order valence-electron chi connectivity index (χ2n) is 6.54. The standard InChI is InChI=1S/2C10H15.C3H5.Ti/c2*1-6-7(2)9(4)10(5)8(6)3;1-3-2;/h2*1-5H3;3H,1-2H2;/q;;;+3. The van der Waals surface area contributed by atoms with Crippen LogP contribution < -0.4 is 0 Å². The Morgan fingerprint density at radius 1 is 0.375 bits per heavy atom. The van der Waals surface area contributed by atoms with E-state index < -0.39 is 0 Å². The summed E-state index contributed by atoms with van der Waals surface area (Å²) in [6, 6.07) is 0. The van der Waals surface area contributed by atoms with Gasteiger partial charge in [-0.05, 0) is 79.4 Å². The van der Waals surface area contributed by atoms with Crippen molar-refractivity contribution < 1.29 is 21.7 Å². The smallest absolute Gasteiger partial charge is 0.0579 e.